The second-order valence-corrected chi connectivity index (χ2v) is 7.05. The minimum Gasteiger partial charge on any atom is -0.381 e. The largest absolute Gasteiger partial charge is 0.381 e. The number of fused-ring (bicyclic) bond motifs is 2. The quantitative estimate of drug-likeness (QED) is 0.862. The van der Waals surface area contributed by atoms with Crippen LogP contribution >= 0.6 is 0 Å². The van der Waals surface area contributed by atoms with Gasteiger partial charge in [0.05, 0.1) is 28.8 Å². The Hall–Kier alpha value is -1.98. The molecule has 0 spiro atoms. The van der Waals surface area contributed by atoms with Crippen molar-refractivity contribution >= 4 is 16.8 Å². The van der Waals surface area contributed by atoms with E-state index in [2.05, 4.69) is 4.98 Å². The van der Waals surface area contributed by atoms with E-state index in [1.54, 1.807) is 20.4 Å². The van der Waals surface area contributed by atoms with Gasteiger partial charge in [0.15, 0.2) is 0 Å². The zero-order valence-corrected chi connectivity index (χ0v) is 14.8. The Morgan fingerprint density at radius 1 is 1.24 bits per heavy atom. The molecule has 2 aliphatic rings. The molecule has 0 N–H and O–H groups in total. The maximum atomic E-state index is 13.4. The summed E-state index contributed by atoms with van der Waals surface area (Å²) < 4.78 is 11.5. The van der Waals surface area contributed by atoms with Crippen LogP contribution in [0, 0.1) is 0 Å². The van der Waals surface area contributed by atoms with E-state index in [0.29, 0.717) is 5.56 Å². The second-order valence-electron chi connectivity index (χ2n) is 7.05. The van der Waals surface area contributed by atoms with Crippen molar-refractivity contribution in [2.75, 3.05) is 20.8 Å². The molecular formula is C20H24N2O3. The van der Waals surface area contributed by atoms with Crippen LogP contribution in [0.1, 0.15) is 36.0 Å². The van der Waals surface area contributed by atoms with Gasteiger partial charge in [-0.05, 0) is 37.8 Å². The zero-order chi connectivity index (χ0) is 17.4. The number of carbonyl (C=O) groups is 1. The summed E-state index contributed by atoms with van der Waals surface area (Å²) in [5, 5.41) is 0.990. The molecule has 1 amide bonds. The van der Waals surface area contributed by atoms with Crippen molar-refractivity contribution < 1.29 is 14.3 Å². The van der Waals surface area contributed by atoms with Gasteiger partial charge in [-0.25, -0.2) is 0 Å². The number of amides is 1. The standard InChI is InChI=1S/C20H24N2O3/c1-24-15-8-9-20(25-2)10-12-22(17(20)13-15)19(23)16-7-3-5-14-6-4-11-21-18(14)16/h3-7,11,15,17H,8-10,12-13H2,1-2H3/t15-,17-,20+/m0/s1. The van der Waals surface area contributed by atoms with E-state index >= 15 is 0 Å². The summed E-state index contributed by atoms with van der Waals surface area (Å²) >= 11 is 0. The molecule has 1 saturated heterocycles. The molecule has 0 unspecified atom stereocenters. The molecule has 2 fully saturated rings. The first-order valence-corrected chi connectivity index (χ1v) is 8.91. The van der Waals surface area contributed by atoms with Crippen molar-refractivity contribution in [2.24, 2.45) is 0 Å². The van der Waals surface area contributed by atoms with Gasteiger partial charge >= 0.3 is 0 Å². The molecule has 5 heteroatoms. The van der Waals surface area contributed by atoms with Crippen LogP contribution in [0.5, 0.6) is 0 Å². The van der Waals surface area contributed by atoms with E-state index in [1.165, 1.54) is 0 Å². The van der Waals surface area contributed by atoms with E-state index < -0.39 is 0 Å². The lowest BCUT2D eigenvalue weighted by molar-refractivity contribution is -0.0893. The number of nitrogens with zero attached hydrogens (tertiary/aromatic N) is 2. The van der Waals surface area contributed by atoms with Crippen LogP contribution in [-0.4, -0.2) is 54.3 Å². The van der Waals surface area contributed by atoms with E-state index in [4.69, 9.17) is 9.47 Å². The predicted molar refractivity (Wildman–Crippen MR) is 95.6 cm³/mol. The Labute approximate surface area is 147 Å². The summed E-state index contributed by atoms with van der Waals surface area (Å²) in [6, 6.07) is 9.74. The summed E-state index contributed by atoms with van der Waals surface area (Å²) in [4.78, 5) is 19.8. The number of pyridine rings is 1. The first-order valence-electron chi connectivity index (χ1n) is 8.91. The summed E-state index contributed by atoms with van der Waals surface area (Å²) in [6.45, 7) is 0.719. The number of methoxy groups -OCH3 is 2. The average molecular weight is 340 g/mol. The summed E-state index contributed by atoms with van der Waals surface area (Å²) in [5.41, 5.74) is 1.21. The lowest BCUT2D eigenvalue weighted by Crippen LogP contribution is -2.53. The van der Waals surface area contributed by atoms with Crippen LogP contribution in [0.3, 0.4) is 0 Å². The molecular weight excluding hydrogens is 316 g/mol. The van der Waals surface area contributed by atoms with Crippen LogP contribution in [0.15, 0.2) is 36.5 Å². The van der Waals surface area contributed by atoms with E-state index in [-0.39, 0.29) is 23.7 Å². The van der Waals surface area contributed by atoms with Crippen LogP contribution in [0.25, 0.3) is 10.9 Å². The van der Waals surface area contributed by atoms with Crippen LogP contribution < -0.4 is 0 Å². The average Bonchev–Trinajstić information content (AvgIpc) is 3.06. The molecule has 2 aromatic rings. The molecule has 1 aliphatic carbocycles. The van der Waals surface area contributed by atoms with Crippen molar-refractivity contribution in [1.29, 1.82) is 0 Å². The Kier molecular flexibility index (Phi) is 4.21. The first-order chi connectivity index (χ1) is 12.2. The molecule has 1 aliphatic heterocycles. The smallest absolute Gasteiger partial charge is 0.256 e. The highest BCUT2D eigenvalue weighted by molar-refractivity contribution is 6.05. The van der Waals surface area contributed by atoms with Gasteiger partial charge < -0.3 is 14.4 Å². The molecule has 2 heterocycles. The lowest BCUT2D eigenvalue weighted by Gasteiger charge is -2.43. The summed E-state index contributed by atoms with van der Waals surface area (Å²) in [5.74, 6) is 0.0463. The highest BCUT2D eigenvalue weighted by Gasteiger charge is 2.52. The maximum Gasteiger partial charge on any atom is 0.256 e. The van der Waals surface area contributed by atoms with E-state index in [0.717, 1.165) is 43.1 Å². The van der Waals surface area contributed by atoms with Gasteiger partial charge in [-0.1, -0.05) is 18.2 Å². The second kappa shape index (κ2) is 6.39. The zero-order valence-electron chi connectivity index (χ0n) is 14.8. The van der Waals surface area contributed by atoms with Gasteiger partial charge in [-0.15, -0.1) is 0 Å². The molecule has 4 rings (SSSR count). The Balaban J connectivity index is 1.70. The van der Waals surface area contributed by atoms with Crippen molar-refractivity contribution in [3.63, 3.8) is 0 Å². The topological polar surface area (TPSA) is 51.7 Å². The lowest BCUT2D eigenvalue weighted by atomic mass is 9.79. The van der Waals surface area contributed by atoms with Crippen molar-refractivity contribution in [1.82, 2.24) is 9.88 Å². The van der Waals surface area contributed by atoms with Gasteiger partial charge in [-0.2, -0.15) is 0 Å². The Morgan fingerprint density at radius 3 is 2.88 bits per heavy atom. The van der Waals surface area contributed by atoms with E-state index in [9.17, 15) is 4.79 Å². The molecule has 5 nitrogen and oxygen atoms in total. The van der Waals surface area contributed by atoms with Crippen LogP contribution in [-0.2, 0) is 9.47 Å². The molecule has 1 aromatic heterocycles. The Bertz CT molecular complexity index is 788. The van der Waals surface area contributed by atoms with Crippen LogP contribution in [0.2, 0.25) is 0 Å². The van der Waals surface area contributed by atoms with Crippen molar-refractivity contribution in [2.45, 2.75) is 43.4 Å². The number of hydrogen-bond donors (Lipinski definition) is 0. The molecule has 132 valence electrons. The SMILES string of the molecule is CO[C@H]1CC[C@@]2(OC)CCN(C(=O)c3cccc4cccnc34)[C@H]2C1. The third-order valence-electron chi connectivity index (χ3n) is 6.00. The number of hydrogen-bond acceptors (Lipinski definition) is 4. The van der Waals surface area contributed by atoms with Gasteiger partial charge in [0.25, 0.3) is 5.91 Å². The van der Waals surface area contributed by atoms with Gasteiger partial charge in [-0.3, -0.25) is 9.78 Å². The minimum absolute atomic E-state index is 0.0463. The fourth-order valence-electron chi connectivity index (χ4n) is 4.55. The summed E-state index contributed by atoms with van der Waals surface area (Å²) in [7, 11) is 3.52. The molecule has 1 aromatic carbocycles. The molecule has 25 heavy (non-hydrogen) atoms. The number of para-hydroxylation sites is 1. The molecule has 0 bridgehead atoms. The first kappa shape index (κ1) is 16.5. The number of carbonyl (C=O) groups excluding carboxylic acids is 1. The predicted octanol–water partition coefficient (Wildman–Crippen LogP) is 3.03. The Morgan fingerprint density at radius 2 is 2.08 bits per heavy atom. The highest BCUT2D eigenvalue weighted by Crippen LogP contribution is 2.43. The third-order valence-corrected chi connectivity index (χ3v) is 6.00. The highest BCUT2D eigenvalue weighted by atomic mass is 16.5. The molecule has 0 radical (unpaired) electrons. The number of ether oxygens (including phenoxy) is 2. The molecule has 1 saturated carbocycles. The summed E-state index contributed by atoms with van der Waals surface area (Å²) in [6.07, 6.45) is 5.56. The molecule has 3 atom stereocenters. The van der Waals surface area contributed by atoms with Gasteiger partial charge in [0, 0.05) is 32.3 Å². The fourth-order valence-corrected chi connectivity index (χ4v) is 4.55. The van der Waals surface area contributed by atoms with E-state index in [1.807, 2.05) is 35.2 Å². The number of aromatic nitrogens is 1. The van der Waals surface area contributed by atoms with Gasteiger partial charge in [0.1, 0.15) is 0 Å². The third kappa shape index (κ3) is 2.62. The minimum atomic E-state index is -0.233. The maximum absolute atomic E-state index is 13.4. The normalized spacial score (nSPS) is 29.0. The van der Waals surface area contributed by atoms with Crippen molar-refractivity contribution in [3.8, 4) is 0 Å². The van der Waals surface area contributed by atoms with Crippen LogP contribution in [0.4, 0.5) is 0 Å². The monoisotopic (exact) mass is 340 g/mol. The van der Waals surface area contributed by atoms with Gasteiger partial charge in [0.2, 0.25) is 0 Å². The van der Waals surface area contributed by atoms with Crippen molar-refractivity contribution in [3.05, 3.63) is 42.1 Å². The number of benzene rings is 1. The fraction of sp³-hybridized carbons (Fsp3) is 0.500. The number of likely N-dealkylation sites (tertiary alicyclic amines) is 1. The number of rotatable bonds is 3.